The monoisotopic (exact) mass is 419 g/mol. The maximum absolute atomic E-state index is 14.2. The van der Waals surface area contributed by atoms with Crippen LogP contribution in [0.4, 0.5) is 8.78 Å². The maximum atomic E-state index is 14.2. The van der Waals surface area contributed by atoms with Crippen molar-refractivity contribution < 1.29 is 18.3 Å². The van der Waals surface area contributed by atoms with Gasteiger partial charge in [-0.15, -0.1) is 0 Å². The number of nitrogens with two attached hydrogens (primary N) is 1. The fourth-order valence-electron chi connectivity index (χ4n) is 5.63. The highest BCUT2D eigenvalue weighted by atomic mass is 19.1. The van der Waals surface area contributed by atoms with Crippen LogP contribution in [0.1, 0.15) is 50.2 Å². The summed E-state index contributed by atoms with van der Waals surface area (Å²) >= 11 is 0. The lowest BCUT2D eigenvalue weighted by atomic mass is 9.77. The molecule has 164 valence electrons. The lowest BCUT2D eigenvalue weighted by Crippen LogP contribution is -2.50. The molecule has 1 aromatic rings. The molecule has 4 aliphatic rings. The van der Waals surface area contributed by atoms with E-state index in [2.05, 4.69) is 9.80 Å². The number of carbonyl (C=O) groups is 1. The summed E-state index contributed by atoms with van der Waals surface area (Å²) in [6.45, 7) is 4.26. The van der Waals surface area contributed by atoms with Crippen LogP contribution in [-0.2, 0) is 9.53 Å². The van der Waals surface area contributed by atoms with Crippen molar-refractivity contribution in [1.29, 1.82) is 0 Å². The largest absolute Gasteiger partial charge is 0.370 e. The number of ether oxygens (including phenoxy) is 1. The van der Waals surface area contributed by atoms with E-state index in [1.54, 1.807) is 0 Å². The molecule has 3 heterocycles. The molecule has 1 saturated carbocycles. The van der Waals surface area contributed by atoms with Gasteiger partial charge >= 0.3 is 0 Å². The summed E-state index contributed by atoms with van der Waals surface area (Å²) < 4.78 is 33.7. The highest BCUT2D eigenvalue weighted by Gasteiger charge is 2.46. The van der Waals surface area contributed by atoms with Gasteiger partial charge in [0.1, 0.15) is 17.7 Å². The Hall–Kier alpha value is -1.57. The molecule has 0 unspecified atom stereocenters. The van der Waals surface area contributed by atoms with Gasteiger partial charge in [-0.25, -0.2) is 8.78 Å². The number of benzene rings is 1. The van der Waals surface area contributed by atoms with Gasteiger partial charge in [-0.2, -0.15) is 0 Å². The van der Waals surface area contributed by atoms with Crippen LogP contribution in [0.2, 0.25) is 0 Å². The SMILES string of the molecule is N[C@H]1C[C@@H](N2CCC3(CCN(C(=O)C4CC4)CC3)C2)CO[C@@H]1c1cc(F)ccc1F. The number of nitrogens with zero attached hydrogens (tertiary/aromatic N) is 2. The van der Waals surface area contributed by atoms with E-state index >= 15 is 0 Å². The first-order valence-electron chi connectivity index (χ1n) is 11.3. The number of amides is 1. The number of piperidine rings is 1. The molecule has 2 N–H and O–H groups in total. The van der Waals surface area contributed by atoms with Crippen molar-refractivity contribution in [2.75, 3.05) is 32.8 Å². The minimum atomic E-state index is -0.606. The molecule has 1 aliphatic carbocycles. The molecule has 0 aromatic heterocycles. The van der Waals surface area contributed by atoms with Crippen LogP contribution in [0.5, 0.6) is 0 Å². The maximum Gasteiger partial charge on any atom is 0.225 e. The van der Waals surface area contributed by atoms with Gasteiger partial charge in [-0.05, 0) is 68.7 Å². The predicted molar refractivity (Wildman–Crippen MR) is 109 cm³/mol. The average molecular weight is 420 g/mol. The number of likely N-dealkylation sites (tertiary alicyclic amines) is 2. The summed E-state index contributed by atoms with van der Waals surface area (Å²) in [6, 6.07) is 3.29. The lowest BCUT2D eigenvalue weighted by Gasteiger charge is -2.42. The van der Waals surface area contributed by atoms with Crippen LogP contribution in [0.3, 0.4) is 0 Å². The fourth-order valence-corrected chi connectivity index (χ4v) is 5.63. The number of halogens is 2. The van der Waals surface area contributed by atoms with E-state index in [0.29, 0.717) is 24.9 Å². The Morgan fingerprint density at radius 1 is 1.13 bits per heavy atom. The van der Waals surface area contributed by atoms with Gasteiger partial charge < -0.3 is 15.4 Å². The van der Waals surface area contributed by atoms with Gasteiger partial charge in [-0.3, -0.25) is 9.69 Å². The first kappa shape index (κ1) is 20.3. The number of hydrogen-bond acceptors (Lipinski definition) is 4. The van der Waals surface area contributed by atoms with Gasteiger partial charge in [0, 0.05) is 43.2 Å². The van der Waals surface area contributed by atoms with Crippen LogP contribution in [0.25, 0.3) is 0 Å². The second-order valence-corrected chi connectivity index (χ2v) is 9.79. The van der Waals surface area contributed by atoms with Crippen LogP contribution in [0, 0.1) is 23.0 Å². The van der Waals surface area contributed by atoms with Crippen molar-refractivity contribution in [1.82, 2.24) is 9.80 Å². The summed E-state index contributed by atoms with van der Waals surface area (Å²) in [5.41, 5.74) is 6.86. The zero-order chi connectivity index (χ0) is 20.9. The van der Waals surface area contributed by atoms with E-state index in [4.69, 9.17) is 10.5 Å². The first-order valence-corrected chi connectivity index (χ1v) is 11.3. The molecular weight excluding hydrogens is 388 g/mol. The molecule has 3 atom stereocenters. The minimum Gasteiger partial charge on any atom is -0.370 e. The Balaban J connectivity index is 1.17. The van der Waals surface area contributed by atoms with Crippen LogP contribution < -0.4 is 5.73 Å². The Bertz CT molecular complexity index is 808. The van der Waals surface area contributed by atoms with Gasteiger partial charge in [0.05, 0.1) is 6.61 Å². The van der Waals surface area contributed by atoms with Gasteiger partial charge in [0.2, 0.25) is 5.91 Å². The van der Waals surface area contributed by atoms with Crippen molar-refractivity contribution in [2.24, 2.45) is 17.1 Å². The Kier molecular flexibility index (Phi) is 5.32. The van der Waals surface area contributed by atoms with E-state index in [1.165, 1.54) is 6.07 Å². The molecule has 30 heavy (non-hydrogen) atoms. The van der Waals surface area contributed by atoms with E-state index in [-0.39, 0.29) is 23.1 Å². The number of carbonyl (C=O) groups excluding carboxylic acids is 1. The Labute approximate surface area is 176 Å². The summed E-state index contributed by atoms with van der Waals surface area (Å²) in [4.78, 5) is 16.9. The third kappa shape index (κ3) is 3.87. The Morgan fingerprint density at radius 3 is 2.57 bits per heavy atom. The average Bonchev–Trinajstić information content (AvgIpc) is 3.52. The number of hydrogen-bond donors (Lipinski definition) is 1. The fraction of sp³-hybridized carbons (Fsp3) is 0.696. The Morgan fingerprint density at radius 2 is 1.87 bits per heavy atom. The van der Waals surface area contributed by atoms with Crippen LogP contribution >= 0.6 is 0 Å². The standard InChI is InChI=1S/C23H31F2N3O2/c24-16-3-4-19(25)18(11-16)21-20(26)12-17(13-30-21)28-10-7-23(14-28)5-8-27(9-6-23)22(29)15-1-2-15/h3-4,11,15,17,20-21H,1-2,5-10,12-14,26H2/t17-,20+,21-/m1/s1. The molecule has 4 fully saturated rings. The topological polar surface area (TPSA) is 58.8 Å². The van der Waals surface area contributed by atoms with Crippen LogP contribution in [-0.4, -0.2) is 60.6 Å². The van der Waals surface area contributed by atoms with E-state index < -0.39 is 17.7 Å². The molecular formula is C23H31F2N3O2. The van der Waals surface area contributed by atoms with E-state index in [0.717, 1.165) is 70.4 Å². The summed E-state index contributed by atoms with van der Waals surface area (Å²) in [5.74, 6) is -0.280. The summed E-state index contributed by atoms with van der Waals surface area (Å²) in [7, 11) is 0. The second-order valence-electron chi connectivity index (χ2n) is 9.79. The van der Waals surface area contributed by atoms with Crippen LogP contribution in [0.15, 0.2) is 18.2 Å². The highest BCUT2D eigenvalue weighted by Crippen LogP contribution is 2.43. The molecule has 3 aliphatic heterocycles. The molecule has 7 heteroatoms. The first-order chi connectivity index (χ1) is 14.4. The van der Waals surface area contributed by atoms with Crippen molar-refractivity contribution in [3.63, 3.8) is 0 Å². The van der Waals surface area contributed by atoms with E-state index in [1.807, 2.05) is 0 Å². The third-order valence-electron chi connectivity index (χ3n) is 7.71. The van der Waals surface area contributed by atoms with E-state index in [9.17, 15) is 13.6 Å². The summed E-state index contributed by atoms with van der Waals surface area (Å²) in [6.07, 6.45) is 5.52. The summed E-state index contributed by atoms with van der Waals surface area (Å²) in [5, 5.41) is 0. The van der Waals surface area contributed by atoms with Crippen molar-refractivity contribution in [2.45, 2.75) is 56.7 Å². The smallest absolute Gasteiger partial charge is 0.225 e. The molecule has 5 rings (SSSR count). The normalized spacial score (nSPS) is 32.0. The van der Waals surface area contributed by atoms with Gasteiger partial charge in [0.15, 0.2) is 0 Å². The molecule has 5 nitrogen and oxygen atoms in total. The molecule has 1 amide bonds. The molecule has 0 radical (unpaired) electrons. The van der Waals surface area contributed by atoms with Crippen molar-refractivity contribution in [3.05, 3.63) is 35.4 Å². The molecule has 1 spiro atoms. The number of rotatable bonds is 3. The van der Waals surface area contributed by atoms with Crippen molar-refractivity contribution >= 4 is 5.91 Å². The molecule has 0 bridgehead atoms. The minimum absolute atomic E-state index is 0.207. The quantitative estimate of drug-likeness (QED) is 0.819. The van der Waals surface area contributed by atoms with Crippen molar-refractivity contribution in [3.8, 4) is 0 Å². The zero-order valence-corrected chi connectivity index (χ0v) is 17.4. The predicted octanol–water partition coefficient (Wildman–Crippen LogP) is 2.85. The third-order valence-corrected chi connectivity index (χ3v) is 7.71. The van der Waals surface area contributed by atoms with Gasteiger partial charge in [-0.1, -0.05) is 0 Å². The lowest BCUT2D eigenvalue weighted by molar-refractivity contribution is -0.134. The molecule has 3 saturated heterocycles. The molecule has 1 aromatic carbocycles. The highest BCUT2D eigenvalue weighted by molar-refractivity contribution is 5.81. The van der Waals surface area contributed by atoms with Gasteiger partial charge in [0.25, 0.3) is 0 Å². The second kappa shape index (κ2) is 7.84. The zero-order valence-electron chi connectivity index (χ0n) is 17.4.